The van der Waals surface area contributed by atoms with E-state index < -0.39 is 0 Å². The van der Waals surface area contributed by atoms with Crippen molar-refractivity contribution in [2.24, 2.45) is 5.92 Å². The van der Waals surface area contributed by atoms with Crippen LogP contribution in [0, 0.1) is 5.92 Å². The summed E-state index contributed by atoms with van der Waals surface area (Å²) in [5.74, 6) is 0.894. The summed E-state index contributed by atoms with van der Waals surface area (Å²) in [6, 6.07) is 0.489. The summed E-state index contributed by atoms with van der Waals surface area (Å²) in [7, 11) is 2.06. The van der Waals surface area contributed by atoms with E-state index >= 15 is 0 Å². The fraction of sp³-hybridized carbons (Fsp3) is 0.800. The number of aromatic nitrogens is 1. The van der Waals surface area contributed by atoms with E-state index in [1.807, 2.05) is 11.3 Å². The van der Waals surface area contributed by atoms with Gasteiger partial charge in [0, 0.05) is 18.0 Å². The summed E-state index contributed by atoms with van der Waals surface area (Å²) in [6.45, 7) is 4.73. The first kappa shape index (κ1) is 13.4. The van der Waals surface area contributed by atoms with Crippen LogP contribution in [0.5, 0.6) is 0 Å². The highest BCUT2D eigenvalue weighted by Gasteiger charge is 2.28. The van der Waals surface area contributed by atoms with Crippen LogP contribution in [0.3, 0.4) is 0 Å². The number of fused-ring (bicyclic) bond motifs is 1. The molecule has 1 fully saturated rings. The van der Waals surface area contributed by atoms with Crippen molar-refractivity contribution in [2.75, 3.05) is 25.0 Å². The Hall–Kier alpha value is -0.610. The zero-order valence-corrected chi connectivity index (χ0v) is 12.9. The molecule has 0 saturated carbocycles. The molecule has 4 heteroatoms. The van der Waals surface area contributed by atoms with E-state index in [0.717, 1.165) is 5.92 Å². The standard InChI is InChI=1S/C15H25N3S/c1-3-5-11-8-9-18(10-11)15-17-14-12(16-2)6-4-7-13(14)19-15/h11-12,16H,3-10H2,1-2H3. The minimum Gasteiger partial charge on any atom is -0.348 e. The molecule has 3 rings (SSSR count). The maximum atomic E-state index is 4.96. The number of hydrogen-bond acceptors (Lipinski definition) is 4. The van der Waals surface area contributed by atoms with Crippen LogP contribution in [-0.2, 0) is 6.42 Å². The second-order valence-electron chi connectivity index (χ2n) is 5.93. The number of aryl methyl sites for hydroxylation is 1. The van der Waals surface area contributed by atoms with Crippen molar-refractivity contribution in [1.82, 2.24) is 10.3 Å². The summed E-state index contributed by atoms with van der Waals surface area (Å²) >= 11 is 1.95. The average molecular weight is 279 g/mol. The number of nitrogens with one attached hydrogen (secondary N) is 1. The van der Waals surface area contributed by atoms with Crippen molar-refractivity contribution < 1.29 is 0 Å². The van der Waals surface area contributed by atoms with Crippen molar-refractivity contribution in [3.8, 4) is 0 Å². The lowest BCUT2D eigenvalue weighted by Gasteiger charge is -2.19. The van der Waals surface area contributed by atoms with Gasteiger partial charge in [-0.25, -0.2) is 4.98 Å². The van der Waals surface area contributed by atoms with Gasteiger partial charge in [0.15, 0.2) is 5.13 Å². The van der Waals surface area contributed by atoms with Gasteiger partial charge in [-0.2, -0.15) is 0 Å². The third kappa shape index (κ3) is 2.65. The molecule has 1 N–H and O–H groups in total. The summed E-state index contributed by atoms with van der Waals surface area (Å²) in [4.78, 5) is 9.01. The van der Waals surface area contributed by atoms with Crippen molar-refractivity contribution in [3.05, 3.63) is 10.6 Å². The highest BCUT2D eigenvalue weighted by Crippen LogP contribution is 2.38. The first-order valence-corrected chi connectivity index (χ1v) is 8.55. The molecule has 0 amide bonds. The van der Waals surface area contributed by atoms with Crippen molar-refractivity contribution in [3.63, 3.8) is 0 Å². The number of rotatable bonds is 4. The molecule has 0 aromatic carbocycles. The molecule has 1 saturated heterocycles. The highest BCUT2D eigenvalue weighted by molar-refractivity contribution is 7.15. The van der Waals surface area contributed by atoms with E-state index in [-0.39, 0.29) is 0 Å². The third-order valence-electron chi connectivity index (χ3n) is 4.54. The van der Waals surface area contributed by atoms with E-state index in [1.165, 1.54) is 67.3 Å². The van der Waals surface area contributed by atoms with Crippen LogP contribution in [0.15, 0.2) is 0 Å². The largest absolute Gasteiger partial charge is 0.348 e. The van der Waals surface area contributed by atoms with Gasteiger partial charge in [0.05, 0.1) is 11.7 Å². The predicted molar refractivity (Wildman–Crippen MR) is 82.1 cm³/mol. The SMILES string of the molecule is CCCC1CCN(c2nc3c(s2)CCCC3NC)C1. The molecule has 0 bridgehead atoms. The minimum atomic E-state index is 0.489. The molecule has 1 aromatic heterocycles. The number of anilines is 1. The molecule has 1 aromatic rings. The summed E-state index contributed by atoms with van der Waals surface area (Å²) in [5, 5.41) is 4.70. The molecule has 1 aliphatic carbocycles. The summed E-state index contributed by atoms with van der Waals surface area (Å²) < 4.78 is 0. The third-order valence-corrected chi connectivity index (χ3v) is 5.74. The highest BCUT2D eigenvalue weighted by atomic mass is 32.1. The molecule has 0 spiro atoms. The van der Waals surface area contributed by atoms with Crippen LogP contribution in [0.1, 0.15) is 55.6 Å². The lowest BCUT2D eigenvalue weighted by Crippen LogP contribution is -2.22. The quantitative estimate of drug-likeness (QED) is 0.916. The molecule has 19 heavy (non-hydrogen) atoms. The fourth-order valence-electron chi connectivity index (χ4n) is 3.47. The van der Waals surface area contributed by atoms with Crippen LogP contribution in [-0.4, -0.2) is 25.1 Å². The van der Waals surface area contributed by atoms with Gasteiger partial charge in [-0.1, -0.05) is 13.3 Å². The summed E-state index contributed by atoms with van der Waals surface area (Å²) in [5.41, 5.74) is 1.34. The Labute approximate surface area is 120 Å². The monoisotopic (exact) mass is 279 g/mol. The van der Waals surface area contributed by atoms with Crippen LogP contribution in [0.25, 0.3) is 0 Å². The van der Waals surface area contributed by atoms with Crippen molar-refractivity contribution >= 4 is 16.5 Å². The van der Waals surface area contributed by atoms with Gasteiger partial charge in [0.25, 0.3) is 0 Å². The van der Waals surface area contributed by atoms with E-state index in [9.17, 15) is 0 Å². The van der Waals surface area contributed by atoms with E-state index in [1.54, 1.807) is 0 Å². The molecule has 0 radical (unpaired) electrons. The number of hydrogen-bond donors (Lipinski definition) is 1. The topological polar surface area (TPSA) is 28.2 Å². The van der Waals surface area contributed by atoms with Gasteiger partial charge in [-0.3, -0.25) is 0 Å². The van der Waals surface area contributed by atoms with E-state index in [4.69, 9.17) is 4.98 Å². The maximum absolute atomic E-state index is 4.96. The van der Waals surface area contributed by atoms with Gasteiger partial charge in [0.1, 0.15) is 0 Å². The number of thiazole rings is 1. The predicted octanol–water partition coefficient (Wildman–Crippen LogP) is 3.37. The molecule has 2 unspecified atom stereocenters. The Balaban J connectivity index is 1.74. The molecular formula is C15H25N3S. The average Bonchev–Trinajstić information content (AvgIpc) is 3.04. The molecular weight excluding hydrogens is 254 g/mol. The zero-order chi connectivity index (χ0) is 13.2. The van der Waals surface area contributed by atoms with Crippen LogP contribution in [0.4, 0.5) is 5.13 Å². The Morgan fingerprint density at radius 1 is 1.42 bits per heavy atom. The van der Waals surface area contributed by atoms with Gasteiger partial charge >= 0.3 is 0 Å². The van der Waals surface area contributed by atoms with E-state index in [2.05, 4.69) is 24.2 Å². The van der Waals surface area contributed by atoms with Gasteiger partial charge in [-0.05, 0) is 45.1 Å². The first-order valence-electron chi connectivity index (χ1n) is 7.73. The van der Waals surface area contributed by atoms with Gasteiger partial charge in [0.2, 0.25) is 0 Å². The van der Waals surface area contributed by atoms with Crippen molar-refractivity contribution in [2.45, 2.75) is 51.5 Å². The Morgan fingerprint density at radius 2 is 2.32 bits per heavy atom. The normalized spacial score (nSPS) is 26.7. The van der Waals surface area contributed by atoms with Crippen LogP contribution >= 0.6 is 11.3 Å². The zero-order valence-electron chi connectivity index (χ0n) is 12.1. The molecule has 2 atom stereocenters. The Bertz CT molecular complexity index is 429. The molecule has 3 nitrogen and oxygen atoms in total. The smallest absolute Gasteiger partial charge is 0.185 e. The number of nitrogens with zero attached hydrogens (tertiary/aromatic N) is 2. The van der Waals surface area contributed by atoms with Crippen LogP contribution in [0.2, 0.25) is 0 Å². The lowest BCUT2D eigenvalue weighted by molar-refractivity contribution is 0.489. The fourth-order valence-corrected chi connectivity index (χ4v) is 4.67. The second-order valence-corrected chi connectivity index (χ2v) is 6.99. The molecule has 2 aliphatic rings. The first-order chi connectivity index (χ1) is 9.31. The van der Waals surface area contributed by atoms with Gasteiger partial charge in [-0.15, -0.1) is 11.3 Å². The van der Waals surface area contributed by atoms with Gasteiger partial charge < -0.3 is 10.2 Å². The lowest BCUT2D eigenvalue weighted by atomic mass is 9.98. The molecule has 106 valence electrons. The van der Waals surface area contributed by atoms with Crippen molar-refractivity contribution in [1.29, 1.82) is 0 Å². The molecule has 1 aliphatic heterocycles. The Kier molecular flexibility index (Phi) is 4.08. The summed E-state index contributed by atoms with van der Waals surface area (Å²) in [6.07, 6.45) is 7.82. The Morgan fingerprint density at radius 3 is 3.11 bits per heavy atom. The maximum Gasteiger partial charge on any atom is 0.185 e. The van der Waals surface area contributed by atoms with Crippen LogP contribution < -0.4 is 10.2 Å². The van der Waals surface area contributed by atoms with E-state index in [0.29, 0.717) is 6.04 Å². The second kappa shape index (κ2) is 5.80. The minimum absolute atomic E-state index is 0.489. The molecule has 2 heterocycles.